The van der Waals surface area contributed by atoms with Crippen molar-refractivity contribution >= 4 is 12.1 Å². The Balaban J connectivity index is 2.61. The van der Waals surface area contributed by atoms with Crippen LogP contribution in [0.2, 0.25) is 0 Å². The molecular formula is C20H29NO4. The summed E-state index contributed by atoms with van der Waals surface area (Å²) in [4.78, 5) is 23.8. The molecule has 5 heteroatoms. The van der Waals surface area contributed by atoms with Crippen molar-refractivity contribution < 1.29 is 19.1 Å². The summed E-state index contributed by atoms with van der Waals surface area (Å²) in [7, 11) is 1.28. The lowest BCUT2D eigenvalue weighted by Gasteiger charge is -2.22. The van der Waals surface area contributed by atoms with Gasteiger partial charge in [-0.3, -0.25) is 5.32 Å². The average molecular weight is 347 g/mol. The van der Waals surface area contributed by atoms with Gasteiger partial charge in [-0.2, -0.15) is 0 Å². The molecule has 1 amide bonds. The standard InChI is InChI=1S/C20H29NO4/c1-15(13-20(2,3)4)11-12-17(18(22)24-5)21-19(23)25-14-16-9-7-6-8-10-16/h6-10,12,15H,11,13-14H2,1-5H3,(H,21,23). The summed E-state index contributed by atoms with van der Waals surface area (Å²) < 4.78 is 9.87. The Morgan fingerprint density at radius 3 is 2.40 bits per heavy atom. The summed E-state index contributed by atoms with van der Waals surface area (Å²) in [6, 6.07) is 9.34. The van der Waals surface area contributed by atoms with Crippen LogP contribution in [0.1, 0.15) is 46.1 Å². The smallest absolute Gasteiger partial charge is 0.412 e. The van der Waals surface area contributed by atoms with Gasteiger partial charge in [0.15, 0.2) is 0 Å². The van der Waals surface area contributed by atoms with Crippen molar-refractivity contribution in [3.63, 3.8) is 0 Å². The van der Waals surface area contributed by atoms with E-state index in [1.54, 1.807) is 6.08 Å². The molecule has 0 spiro atoms. The SMILES string of the molecule is COC(=O)C(=CCC(C)CC(C)(C)C)NC(=O)OCc1ccccc1. The number of carbonyl (C=O) groups excluding carboxylic acids is 2. The lowest BCUT2D eigenvalue weighted by atomic mass is 9.84. The van der Waals surface area contributed by atoms with Gasteiger partial charge in [0, 0.05) is 0 Å². The fraction of sp³-hybridized carbons (Fsp3) is 0.500. The summed E-state index contributed by atoms with van der Waals surface area (Å²) in [6.07, 6.45) is 2.70. The van der Waals surface area contributed by atoms with Crippen LogP contribution in [0.15, 0.2) is 42.1 Å². The number of carbonyl (C=O) groups is 2. The number of rotatable bonds is 7. The molecule has 5 nitrogen and oxygen atoms in total. The van der Waals surface area contributed by atoms with Gasteiger partial charge >= 0.3 is 12.1 Å². The molecule has 1 aromatic rings. The fourth-order valence-corrected chi connectivity index (χ4v) is 2.61. The quantitative estimate of drug-likeness (QED) is 0.585. The number of amides is 1. The second kappa shape index (κ2) is 9.87. The average Bonchev–Trinajstić information content (AvgIpc) is 2.55. The third-order valence-electron chi connectivity index (χ3n) is 3.54. The summed E-state index contributed by atoms with van der Waals surface area (Å²) in [5.41, 5.74) is 1.20. The van der Waals surface area contributed by atoms with Crippen molar-refractivity contribution in [3.8, 4) is 0 Å². The van der Waals surface area contributed by atoms with Crippen LogP contribution in [0.3, 0.4) is 0 Å². The van der Waals surface area contributed by atoms with E-state index in [2.05, 4.69) is 33.0 Å². The molecule has 0 aliphatic heterocycles. The first-order valence-corrected chi connectivity index (χ1v) is 8.47. The number of benzene rings is 1. The number of hydrogen-bond donors (Lipinski definition) is 1. The van der Waals surface area contributed by atoms with Crippen LogP contribution >= 0.6 is 0 Å². The van der Waals surface area contributed by atoms with Crippen LogP contribution in [-0.2, 0) is 20.9 Å². The van der Waals surface area contributed by atoms with Gasteiger partial charge in [-0.25, -0.2) is 9.59 Å². The molecule has 0 saturated carbocycles. The second-order valence-electron chi connectivity index (χ2n) is 7.40. The number of methoxy groups -OCH3 is 1. The highest BCUT2D eigenvalue weighted by atomic mass is 16.6. The number of esters is 1. The zero-order chi connectivity index (χ0) is 18.9. The maximum absolute atomic E-state index is 11.9. The zero-order valence-electron chi connectivity index (χ0n) is 15.8. The zero-order valence-corrected chi connectivity index (χ0v) is 15.8. The second-order valence-corrected chi connectivity index (χ2v) is 7.40. The van der Waals surface area contributed by atoms with Gasteiger partial charge in [-0.05, 0) is 29.7 Å². The minimum absolute atomic E-state index is 0.112. The van der Waals surface area contributed by atoms with E-state index in [0.29, 0.717) is 12.3 Å². The maximum Gasteiger partial charge on any atom is 0.412 e. The molecule has 1 aromatic carbocycles. The molecule has 1 unspecified atom stereocenters. The molecule has 25 heavy (non-hydrogen) atoms. The van der Waals surface area contributed by atoms with Crippen molar-refractivity contribution in [2.24, 2.45) is 11.3 Å². The van der Waals surface area contributed by atoms with Crippen molar-refractivity contribution in [2.75, 3.05) is 7.11 Å². The number of allylic oxidation sites excluding steroid dienone is 1. The minimum Gasteiger partial charge on any atom is -0.464 e. The third-order valence-corrected chi connectivity index (χ3v) is 3.54. The Bertz CT molecular complexity index is 587. The molecule has 0 aromatic heterocycles. The van der Waals surface area contributed by atoms with Crippen molar-refractivity contribution in [1.29, 1.82) is 0 Å². The molecule has 0 heterocycles. The summed E-state index contributed by atoms with van der Waals surface area (Å²) in [5, 5.41) is 2.48. The van der Waals surface area contributed by atoms with Crippen LogP contribution in [0.4, 0.5) is 4.79 Å². The first-order valence-electron chi connectivity index (χ1n) is 8.47. The summed E-state index contributed by atoms with van der Waals surface area (Å²) in [6.45, 7) is 8.78. The summed E-state index contributed by atoms with van der Waals surface area (Å²) >= 11 is 0. The lowest BCUT2D eigenvalue weighted by molar-refractivity contribution is -0.136. The predicted octanol–water partition coefficient (Wildman–Crippen LogP) is 4.43. The van der Waals surface area contributed by atoms with Gasteiger partial charge in [0.1, 0.15) is 12.3 Å². The van der Waals surface area contributed by atoms with Crippen LogP contribution in [0.25, 0.3) is 0 Å². The molecule has 0 fully saturated rings. The molecule has 0 saturated heterocycles. The molecule has 0 radical (unpaired) electrons. The monoisotopic (exact) mass is 347 g/mol. The van der Waals surface area contributed by atoms with Gasteiger partial charge in [-0.1, -0.05) is 64.1 Å². The van der Waals surface area contributed by atoms with Crippen molar-refractivity contribution in [1.82, 2.24) is 5.32 Å². The Morgan fingerprint density at radius 1 is 1.20 bits per heavy atom. The number of ether oxygens (including phenoxy) is 2. The van der Waals surface area contributed by atoms with Crippen LogP contribution in [0, 0.1) is 11.3 Å². The number of hydrogen-bond acceptors (Lipinski definition) is 4. The topological polar surface area (TPSA) is 64.6 Å². The van der Waals surface area contributed by atoms with Crippen molar-refractivity contribution in [3.05, 3.63) is 47.7 Å². The molecule has 0 bridgehead atoms. The first kappa shape index (κ1) is 20.7. The Labute approximate surface area is 150 Å². The van der Waals surface area contributed by atoms with Crippen LogP contribution in [-0.4, -0.2) is 19.2 Å². The van der Waals surface area contributed by atoms with E-state index in [9.17, 15) is 9.59 Å². The highest BCUT2D eigenvalue weighted by Crippen LogP contribution is 2.26. The van der Waals surface area contributed by atoms with Gasteiger partial charge < -0.3 is 9.47 Å². The Kier molecular flexibility index (Phi) is 8.19. The highest BCUT2D eigenvalue weighted by molar-refractivity contribution is 5.92. The van der Waals surface area contributed by atoms with E-state index in [4.69, 9.17) is 9.47 Å². The number of nitrogens with one attached hydrogen (secondary N) is 1. The van der Waals surface area contributed by atoms with E-state index in [1.807, 2.05) is 30.3 Å². The minimum atomic E-state index is -0.677. The van der Waals surface area contributed by atoms with E-state index < -0.39 is 12.1 Å². The maximum atomic E-state index is 11.9. The van der Waals surface area contributed by atoms with Gasteiger partial charge in [-0.15, -0.1) is 0 Å². The molecule has 1 rings (SSSR count). The molecule has 0 aliphatic rings. The normalized spacial score (nSPS) is 13.1. The Hall–Kier alpha value is -2.30. The van der Waals surface area contributed by atoms with E-state index in [0.717, 1.165) is 12.0 Å². The predicted molar refractivity (Wildman–Crippen MR) is 97.7 cm³/mol. The van der Waals surface area contributed by atoms with E-state index in [1.165, 1.54) is 7.11 Å². The lowest BCUT2D eigenvalue weighted by Crippen LogP contribution is -2.29. The molecular weight excluding hydrogens is 318 g/mol. The van der Waals surface area contributed by atoms with E-state index >= 15 is 0 Å². The largest absolute Gasteiger partial charge is 0.464 e. The van der Waals surface area contributed by atoms with Crippen LogP contribution in [0.5, 0.6) is 0 Å². The third kappa shape index (κ3) is 8.94. The summed E-state index contributed by atoms with van der Waals surface area (Å²) in [5.74, 6) is -0.207. The molecule has 138 valence electrons. The number of alkyl carbamates (subject to hydrolysis) is 1. The molecule has 1 N–H and O–H groups in total. The van der Waals surface area contributed by atoms with Gasteiger partial charge in [0.05, 0.1) is 7.11 Å². The Morgan fingerprint density at radius 2 is 1.84 bits per heavy atom. The first-order chi connectivity index (χ1) is 11.7. The molecule has 1 atom stereocenters. The van der Waals surface area contributed by atoms with Gasteiger partial charge in [0.2, 0.25) is 0 Å². The fourth-order valence-electron chi connectivity index (χ4n) is 2.61. The van der Waals surface area contributed by atoms with Gasteiger partial charge in [0.25, 0.3) is 0 Å². The van der Waals surface area contributed by atoms with E-state index in [-0.39, 0.29) is 17.7 Å². The highest BCUT2D eigenvalue weighted by Gasteiger charge is 2.17. The molecule has 0 aliphatic carbocycles. The van der Waals surface area contributed by atoms with Crippen LogP contribution < -0.4 is 5.32 Å². The van der Waals surface area contributed by atoms with Crippen molar-refractivity contribution in [2.45, 2.75) is 47.1 Å².